The summed E-state index contributed by atoms with van der Waals surface area (Å²) in [6, 6.07) is 0. The Morgan fingerprint density at radius 3 is 2.77 bits per heavy atom. The van der Waals surface area contributed by atoms with Crippen molar-refractivity contribution in [1.82, 2.24) is 9.80 Å². The molecular formula is C9H17BrN2O. The number of carbonyl (C=O) groups is 1. The fourth-order valence-corrected chi connectivity index (χ4v) is 2.14. The molecule has 1 fully saturated rings. The molecule has 0 aromatic rings. The minimum Gasteiger partial charge on any atom is -0.341 e. The molecule has 0 aliphatic carbocycles. The van der Waals surface area contributed by atoms with Gasteiger partial charge in [0.25, 0.3) is 0 Å². The Morgan fingerprint density at radius 1 is 1.62 bits per heavy atom. The summed E-state index contributed by atoms with van der Waals surface area (Å²) in [7, 11) is 4.11. The van der Waals surface area contributed by atoms with E-state index in [0.717, 1.165) is 26.1 Å². The van der Waals surface area contributed by atoms with Crippen LogP contribution in [0.5, 0.6) is 0 Å². The van der Waals surface area contributed by atoms with Gasteiger partial charge in [0.2, 0.25) is 5.91 Å². The van der Waals surface area contributed by atoms with E-state index in [1.54, 1.807) is 0 Å². The van der Waals surface area contributed by atoms with Crippen molar-refractivity contribution in [2.45, 2.75) is 17.7 Å². The largest absolute Gasteiger partial charge is 0.341 e. The molecular weight excluding hydrogens is 232 g/mol. The molecule has 0 saturated carbocycles. The molecule has 76 valence electrons. The third-order valence-electron chi connectivity index (χ3n) is 2.20. The van der Waals surface area contributed by atoms with E-state index in [0.29, 0.717) is 17.2 Å². The number of carbonyl (C=O) groups excluding carboxylic acids is 1. The van der Waals surface area contributed by atoms with Gasteiger partial charge in [-0.1, -0.05) is 15.9 Å². The Labute approximate surface area is 88.2 Å². The number of nitrogens with zero attached hydrogens (tertiary/aromatic N) is 2. The van der Waals surface area contributed by atoms with Crippen LogP contribution in [0.4, 0.5) is 0 Å². The standard InChI is InChI=1S/C9H17BrN2O/c1-11(2)4-3-5-12-7-8(10)6-9(12)13/h8H,3-7H2,1-2H3. The number of likely N-dealkylation sites (tertiary alicyclic amines) is 1. The number of alkyl halides is 1. The molecule has 3 nitrogen and oxygen atoms in total. The lowest BCUT2D eigenvalue weighted by molar-refractivity contribution is -0.127. The highest BCUT2D eigenvalue weighted by Crippen LogP contribution is 2.17. The van der Waals surface area contributed by atoms with Gasteiger partial charge in [0.05, 0.1) is 0 Å². The van der Waals surface area contributed by atoms with Crippen LogP contribution in [0.15, 0.2) is 0 Å². The fraction of sp³-hybridized carbons (Fsp3) is 0.889. The highest BCUT2D eigenvalue weighted by Gasteiger charge is 2.26. The summed E-state index contributed by atoms with van der Waals surface area (Å²) in [4.78, 5) is 15.8. The SMILES string of the molecule is CN(C)CCCN1CC(Br)CC1=O. The van der Waals surface area contributed by atoms with Crippen molar-refractivity contribution >= 4 is 21.8 Å². The van der Waals surface area contributed by atoms with Gasteiger partial charge in [-0.15, -0.1) is 0 Å². The summed E-state index contributed by atoms with van der Waals surface area (Å²) in [5, 5.41) is 0. The van der Waals surface area contributed by atoms with Crippen molar-refractivity contribution < 1.29 is 4.79 Å². The highest BCUT2D eigenvalue weighted by molar-refractivity contribution is 9.09. The molecule has 4 heteroatoms. The summed E-state index contributed by atoms with van der Waals surface area (Å²) >= 11 is 3.47. The first-order valence-corrected chi connectivity index (χ1v) is 5.57. The maximum Gasteiger partial charge on any atom is 0.223 e. The minimum absolute atomic E-state index is 0.292. The monoisotopic (exact) mass is 248 g/mol. The van der Waals surface area contributed by atoms with Crippen molar-refractivity contribution in [2.75, 3.05) is 33.7 Å². The Morgan fingerprint density at radius 2 is 2.31 bits per heavy atom. The molecule has 1 saturated heterocycles. The zero-order chi connectivity index (χ0) is 9.84. The van der Waals surface area contributed by atoms with Gasteiger partial charge in [0.1, 0.15) is 0 Å². The van der Waals surface area contributed by atoms with Crippen LogP contribution in [0.25, 0.3) is 0 Å². The summed E-state index contributed by atoms with van der Waals surface area (Å²) in [5.74, 6) is 0.292. The molecule has 1 heterocycles. The molecule has 0 spiro atoms. The zero-order valence-corrected chi connectivity index (χ0v) is 9.88. The summed E-state index contributed by atoms with van der Waals surface area (Å²) < 4.78 is 0. The molecule has 13 heavy (non-hydrogen) atoms. The van der Waals surface area contributed by atoms with Gasteiger partial charge in [-0.3, -0.25) is 4.79 Å². The van der Waals surface area contributed by atoms with E-state index in [9.17, 15) is 4.79 Å². The molecule has 1 amide bonds. The van der Waals surface area contributed by atoms with E-state index in [2.05, 4.69) is 34.9 Å². The summed E-state index contributed by atoms with van der Waals surface area (Å²) in [5.41, 5.74) is 0. The molecule has 0 aromatic heterocycles. The zero-order valence-electron chi connectivity index (χ0n) is 8.29. The van der Waals surface area contributed by atoms with Crippen molar-refractivity contribution in [3.05, 3.63) is 0 Å². The van der Waals surface area contributed by atoms with Crippen molar-refractivity contribution in [3.63, 3.8) is 0 Å². The van der Waals surface area contributed by atoms with Gasteiger partial charge in [-0.25, -0.2) is 0 Å². The number of hydrogen-bond donors (Lipinski definition) is 0. The van der Waals surface area contributed by atoms with Crippen LogP contribution in [0.3, 0.4) is 0 Å². The number of hydrogen-bond acceptors (Lipinski definition) is 2. The first-order chi connectivity index (χ1) is 6.09. The first-order valence-electron chi connectivity index (χ1n) is 4.66. The first kappa shape index (κ1) is 11.0. The molecule has 0 radical (unpaired) electrons. The van der Waals surface area contributed by atoms with E-state index in [4.69, 9.17) is 0 Å². The smallest absolute Gasteiger partial charge is 0.223 e. The minimum atomic E-state index is 0.292. The summed E-state index contributed by atoms with van der Waals surface area (Å²) in [6.45, 7) is 2.84. The second kappa shape index (κ2) is 4.96. The van der Waals surface area contributed by atoms with Crippen molar-refractivity contribution in [1.29, 1.82) is 0 Å². The van der Waals surface area contributed by atoms with Crippen LogP contribution < -0.4 is 0 Å². The number of rotatable bonds is 4. The lowest BCUT2D eigenvalue weighted by Gasteiger charge is -2.17. The molecule has 0 bridgehead atoms. The van der Waals surface area contributed by atoms with Gasteiger partial charge < -0.3 is 9.80 Å². The lowest BCUT2D eigenvalue weighted by atomic mass is 10.4. The van der Waals surface area contributed by atoms with E-state index in [1.165, 1.54) is 0 Å². The summed E-state index contributed by atoms with van der Waals surface area (Å²) in [6.07, 6.45) is 1.74. The van der Waals surface area contributed by atoms with Crippen LogP contribution in [-0.2, 0) is 4.79 Å². The maximum absolute atomic E-state index is 11.3. The lowest BCUT2D eigenvalue weighted by Crippen LogP contribution is -2.28. The van der Waals surface area contributed by atoms with Crippen LogP contribution >= 0.6 is 15.9 Å². The van der Waals surface area contributed by atoms with Gasteiger partial charge in [0, 0.05) is 24.3 Å². The third kappa shape index (κ3) is 3.65. The van der Waals surface area contributed by atoms with Crippen molar-refractivity contribution in [3.8, 4) is 0 Å². The molecule has 1 aliphatic heterocycles. The average molecular weight is 249 g/mol. The second-order valence-corrected chi connectivity index (χ2v) is 5.09. The van der Waals surface area contributed by atoms with Gasteiger partial charge in [-0.05, 0) is 27.1 Å². The molecule has 1 atom stereocenters. The van der Waals surface area contributed by atoms with E-state index in [1.807, 2.05) is 4.90 Å². The van der Waals surface area contributed by atoms with Gasteiger partial charge in [0.15, 0.2) is 0 Å². The van der Waals surface area contributed by atoms with Crippen LogP contribution in [0.2, 0.25) is 0 Å². The third-order valence-corrected chi connectivity index (χ3v) is 2.81. The topological polar surface area (TPSA) is 23.6 Å². The maximum atomic E-state index is 11.3. The van der Waals surface area contributed by atoms with Gasteiger partial charge >= 0.3 is 0 Å². The Balaban J connectivity index is 2.18. The number of amides is 1. The van der Waals surface area contributed by atoms with E-state index in [-0.39, 0.29) is 0 Å². The Hall–Kier alpha value is -0.0900. The van der Waals surface area contributed by atoms with E-state index < -0.39 is 0 Å². The van der Waals surface area contributed by atoms with Crippen LogP contribution in [-0.4, -0.2) is 54.3 Å². The Bertz CT molecular complexity index is 184. The number of halogens is 1. The average Bonchev–Trinajstić information content (AvgIpc) is 2.29. The molecule has 1 aliphatic rings. The van der Waals surface area contributed by atoms with Crippen LogP contribution in [0.1, 0.15) is 12.8 Å². The molecule has 0 N–H and O–H groups in total. The highest BCUT2D eigenvalue weighted by atomic mass is 79.9. The quantitative estimate of drug-likeness (QED) is 0.692. The van der Waals surface area contributed by atoms with Crippen LogP contribution in [0, 0.1) is 0 Å². The van der Waals surface area contributed by atoms with E-state index >= 15 is 0 Å². The molecule has 1 unspecified atom stereocenters. The normalized spacial score (nSPS) is 23.2. The van der Waals surface area contributed by atoms with Crippen molar-refractivity contribution in [2.24, 2.45) is 0 Å². The molecule has 1 rings (SSSR count). The molecule has 0 aromatic carbocycles. The fourth-order valence-electron chi connectivity index (χ4n) is 1.52. The van der Waals surface area contributed by atoms with Gasteiger partial charge in [-0.2, -0.15) is 0 Å². The second-order valence-electron chi connectivity index (χ2n) is 3.80. The Kier molecular flexibility index (Phi) is 4.19. The predicted octanol–water partition coefficient (Wildman–Crippen LogP) is 0.934. The predicted molar refractivity (Wildman–Crippen MR) is 57.1 cm³/mol.